The molecular formula is C27H29F3N10O3S. The molecule has 0 saturated carbocycles. The van der Waals surface area contributed by atoms with E-state index in [1.807, 2.05) is 6.92 Å². The second kappa shape index (κ2) is 11.9. The van der Waals surface area contributed by atoms with E-state index in [1.54, 1.807) is 12.1 Å². The molecule has 1 aliphatic rings. The van der Waals surface area contributed by atoms with Crippen LogP contribution in [0.5, 0.6) is 0 Å². The van der Waals surface area contributed by atoms with Crippen LogP contribution in [0.25, 0.3) is 11.4 Å². The fraction of sp³-hybridized carbons (Fsp3) is 0.370. The lowest BCUT2D eigenvalue weighted by atomic mass is 9.81. The highest BCUT2D eigenvalue weighted by atomic mass is 32.2. The summed E-state index contributed by atoms with van der Waals surface area (Å²) < 4.78 is 65.4. The Morgan fingerprint density at radius 1 is 1.07 bits per heavy atom. The highest BCUT2D eigenvalue weighted by Crippen LogP contribution is 2.34. The van der Waals surface area contributed by atoms with Gasteiger partial charge in [-0.1, -0.05) is 18.8 Å². The molecule has 0 aliphatic carbocycles. The summed E-state index contributed by atoms with van der Waals surface area (Å²) in [5, 5.41) is 20.2. The lowest BCUT2D eigenvalue weighted by Gasteiger charge is -2.39. The van der Waals surface area contributed by atoms with Crippen LogP contribution < -0.4 is 10.2 Å². The molecule has 232 valence electrons. The van der Waals surface area contributed by atoms with E-state index in [2.05, 4.69) is 47.2 Å². The predicted molar refractivity (Wildman–Crippen MR) is 155 cm³/mol. The van der Waals surface area contributed by atoms with Crippen LogP contribution in [0, 0.1) is 17.3 Å². The van der Waals surface area contributed by atoms with Gasteiger partial charge in [0.15, 0.2) is 5.82 Å². The monoisotopic (exact) mass is 630 g/mol. The Morgan fingerprint density at radius 2 is 1.82 bits per heavy atom. The first-order valence-electron chi connectivity index (χ1n) is 13.4. The standard InChI is InChI=1S/C27H29F3N10O3S/c1-26(18-41)7-10-38(11-8-26)22-12-24(32-14-20(22)5-4-19-13-33-39(16-19)27(28,29)30)35-23-6-9-31-25(36-23)21-15-34-40(17-21)44(42,43)37(2)3/h6,9,12-17,41H,7-8,10-11,18H2,1-3H3,(H,31,32,35,36). The second-order valence-electron chi connectivity index (χ2n) is 10.7. The predicted octanol–water partition coefficient (Wildman–Crippen LogP) is 2.80. The van der Waals surface area contributed by atoms with Crippen molar-refractivity contribution in [2.24, 2.45) is 5.41 Å². The average molecular weight is 631 g/mol. The summed E-state index contributed by atoms with van der Waals surface area (Å²) in [6, 6.07) is 3.39. The molecule has 0 radical (unpaired) electrons. The molecule has 0 aromatic carbocycles. The van der Waals surface area contributed by atoms with E-state index in [9.17, 15) is 26.7 Å². The minimum Gasteiger partial charge on any atom is -0.396 e. The van der Waals surface area contributed by atoms with E-state index in [0.29, 0.717) is 41.5 Å². The Labute approximate surface area is 251 Å². The van der Waals surface area contributed by atoms with Crippen molar-refractivity contribution in [1.82, 2.24) is 38.2 Å². The zero-order chi connectivity index (χ0) is 31.7. The first-order valence-corrected chi connectivity index (χ1v) is 14.7. The van der Waals surface area contributed by atoms with Crippen molar-refractivity contribution in [3.05, 3.63) is 60.4 Å². The lowest BCUT2D eigenvalue weighted by Crippen LogP contribution is -2.40. The van der Waals surface area contributed by atoms with Crippen molar-refractivity contribution < 1.29 is 26.7 Å². The molecule has 4 aromatic heterocycles. The van der Waals surface area contributed by atoms with Crippen molar-refractivity contribution in [2.45, 2.75) is 26.1 Å². The number of aliphatic hydroxyl groups is 1. The summed E-state index contributed by atoms with van der Waals surface area (Å²) in [6.07, 6.45) is 4.37. The fourth-order valence-electron chi connectivity index (χ4n) is 4.39. The van der Waals surface area contributed by atoms with Crippen molar-refractivity contribution in [1.29, 1.82) is 0 Å². The van der Waals surface area contributed by atoms with Gasteiger partial charge in [0, 0.05) is 58.4 Å². The number of hydrogen-bond acceptors (Lipinski definition) is 10. The zero-order valence-electron chi connectivity index (χ0n) is 24.0. The normalized spacial score (nSPS) is 15.2. The third-order valence-corrected chi connectivity index (χ3v) is 8.78. The van der Waals surface area contributed by atoms with Crippen LogP contribution in [0.2, 0.25) is 0 Å². The molecular weight excluding hydrogens is 601 g/mol. The molecule has 1 aliphatic heterocycles. The molecule has 5 heterocycles. The van der Waals surface area contributed by atoms with Crippen molar-refractivity contribution >= 4 is 27.5 Å². The highest BCUT2D eigenvalue weighted by molar-refractivity contribution is 7.87. The van der Waals surface area contributed by atoms with Crippen LogP contribution in [-0.4, -0.2) is 85.5 Å². The smallest absolute Gasteiger partial charge is 0.396 e. The fourth-order valence-corrected chi connectivity index (χ4v) is 5.14. The number of nitrogens with zero attached hydrogens (tertiary/aromatic N) is 9. The number of anilines is 3. The van der Waals surface area contributed by atoms with E-state index in [0.717, 1.165) is 33.6 Å². The number of aromatic nitrogens is 7. The van der Waals surface area contributed by atoms with Crippen molar-refractivity contribution in [3.8, 4) is 23.2 Å². The van der Waals surface area contributed by atoms with Crippen LogP contribution in [0.15, 0.2) is 49.3 Å². The second-order valence-corrected chi connectivity index (χ2v) is 12.7. The number of nitrogens with one attached hydrogen (secondary N) is 1. The maximum absolute atomic E-state index is 13.0. The first-order chi connectivity index (χ1) is 20.8. The third kappa shape index (κ3) is 6.67. The molecule has 4 aromatic rings. The van der Waals surface area contributed by atoms with Gasteiger partial charge in [-0.3, -0.25) is 0 Å². The molecule has 5 rings (SSSR count). The Kier molecular flexibility index (Phi) is 8.34. The minimum absolute atomic E-state index is 0.0653. The number of hydrogen-bond donors (Lipinski definition) is 2. The Bertz CT molecular complexity index is 1820. The summed E-state index contributed by atoms with van der Waals surface area (Å²) in [5.74, 6) is 6.70. The van der Waals surface area contributed by atoms with E-state index in [4.69, 9.17) is 0 Å². The molecule has 1 fully saturated rings. The van der Waals surface area contributed by atoms with Gasteiger partial charge in [-0.05, 0) is 24.3 Å². The molecule has 0 bridgehead atoms. The number of halogens is 3. The van der Waals surface area contributed by atoms with Gasteiger partial charge >= 0.3 is 16.5 Å². The summed E-state index contributed by atoms with van der Waals surface area (Å²) in [7, 11) is -1.02. The van der Waals surface area contributed by atoms with E-state index < -0.39 is 16.5 Å². The van der Waals surface area contributed by atoms with Gasteiger partial charge in [-0.2, -0.15) is 31.7 Å². The quantitative estimate of drug-likeness (QED) is 0.292. The van der Waals surface area contributed by atoms with E-state index >= 15 is 0 Å². The molecule has 0 atom stereocenters. The maximum Gasteiger partial charge on any atom is 0.504 e. The molecule has 0 amide bonds. The van der Waals surface area contributed by atoms with Gasteiger partial charge in [0.1, 0.15) is 11.6 Å². The molecule has 44 heavy (non-hydrogen) atoms. The molecule has 17 heteroatoms. The number of pyridine rings is 1. The molecule has 2 N–H and O–H groups in total. The number of alkyl halides is 3. The van der Waals surface area contributed by atoms with Crippen molar-refractivity contribution in [2.75, 3.05) is 44.0 Å². The van der Waals surface area contributed by atoms with Crippen LogP contribution in [0.3, 0.4) is 0 Å². The zero-order valence-corrected chi connectivity index (χ0v) is 24.8. The SMILES string of the molecule is CN(C)S(=O)(=O)n1cc(-c2nccc(Nc3cc(N4CCC(C)(CO)CC4)c(C#Cc4cnn(C(F)(F)F)c4)cn3)n2)cn1. The Morgan fingerprint density at radius 3 is 2.48 bits per heavy atom. The summed E-state index contributed by atoms with van der Waals surface area (Å²) in [6.45, 7) is 3.34. The van der Waals surface area contributed by atoms with Gasteiger partial charge < -0.3 is 15.3 Å². The molecule has 1 saturated heterocycles. The van der Waals surface area contributed by atoms with Gasteiger partial charge in [-0.25, -0.2) is 15.0 Å². The minimum atomic E-state index is -4.64. The van der Waals surface area contributed by atoms with E-state index in [-0.39, 0.29) is 28.1 Å². The number of aliphatic hydroxyl groups excluding tert-OH is 1. The molecule has 0 spiro atoms. The number of rotatable bonds is 7. The maximum atomic E-state index is 13.0. The van der Waals surface area contributed by atoms with Crippen LogP contribution in [-0.2, 0) is 16.5 Å². The Balaban J connectivity index is 1.43. The lowest BCUT2D eigenvalue weighted by molar-refractivity contribution is -0.212. The number of piperidine rings is 1. The van der Waals surface area contributed by atoms with Gasteiger partial charge in [0.25, 0.3) is 0 Å². The molecule has 0 unspecified atom stereocenters. The average Bonchev–Trinajstić information content (AvgIpc) is 3.68. The van der Waals surface area contributed by atoms with Crippen LogP contribution in [0.1, 0.15) is 30.9 Å². The van der Waals surface area contributed by atoms with Gasteiger partial charge in [0.2, 0.25) is 0 Å². The largest absolute Gasteiger partial charge is 0.504 e. The summed E-state index contributed by atoms with van der Waals surface area (Å²) in [5.41, 5.74) is 1.48. The third-order valence-electron chi connectivity index (χ3n) is 7.19. The van der Waals surface area contributed by atoms with Crippen molar-refractivity contribution in [3.63, 3.8) is 0 Å². The molecule has 13 nitrogen and oxygen atoms in total. The summed E-state index contributed by atoms with van der Waals surface area (Å²) >= 11 is 0. The topological polar surface area (TPSA) is 147 Å². The van der Waals surface area contributed by atoms with Crippen LogP contribution in [0.4, 0.5) is 30.5 Å². The Hall–Kier alpha value is -4.53. The van der Waals surface area contributed by atoms with Gasteiger partial charge in [-0.15, -0.1) is 13.2 Å². The first kappa shape index (κ1) is 30.9. The highest BCUT2D eigenvalue weighted by Gasteiger charge is 2.32. The van der Waals surface area contributed by atoms with Crippen LogP contribution >= 0.6 is 0 Å². The van der Waals surface area contributed by atoms with E-state index in [1.165, 1.54) is 38.9 Å². The van der Waals surface area contributed by atoms with Gasteiger partial charge in [0.05, 0.1) is 41.0 Å². The summed E-state index contributed by atoms with van der Waals surface area (Å²) in [4.78, 5) is 15.2.